The van der Waals surface area contributed by atoms with Crippen molar-refractivity contribution in [3.05, 3.63) is 39.4 Å². The SMILES string of the molecule is Cc1ccc([N+](=O)[O-])c(C(=O)N2CCC(N)CC2C)c1. The maximum absolute atomic E-state index is 12.6. The van der Waals surface area contributed by atoms with Gasteiger partial charge in [-0.1, -0.05) is 6.07 Å². The Kier molecular flexibility index (Phi) is 4.04. The first-order valence-electron chi connectivity index (χ1n) is 6.71. The van der Waals surface area contributed by atoms with Gasteiger partial charge in [-0.2, -0.15) is 0 Å². The van der Waals surface area contributed by atoms with Crippen LogP contribution in [0.4, 0.5) is 5.69 Å². The Morgan fingerprint density at radius 3 is 2.80 bits per heavy atom. The molecule has 6 heteroatoms. The second-order valence-electron chi connectivity index (χ2n) is 5.41. The summed E-state index contributed by atoms with van der Waals surface area (Å²) in [4.78, 5) is 24.8. The van der Waals surface area contributed by atoms with Crippen molar-refractivity contribution in [2.75, 3.05) is 6.54 Å². The summed E-state index contributed by atoms with van der Waals surface area (Å²) in [7, 11) is 0. The molecule has 2 N–H and O–H groups in total. The number of amides is 1. The number of hydrogen-bond donors (Lipinski definition) is 1. The summed E-state index contributed by atoms with van der Waals surface area (Å²) in [6.07, 6.45) is 1.46. The van der Waals surface area contributed by atoms with Gasteiger partial charge in [0.05, 0.1) is 4.92 Å². The van der Waals surface area contributed by atoms with Crippen LogP contribution in [0.3, 0.4) is 0 Å². The van der Waals surface area contributed by atoms with Crippen molar-refractivity contribution < 1.29 is 9.72 Å². The van der Waals surface area contributed by atoms with Crippen molar-refractivity contribution >= 4 is 11.6 Å². The number of rotatable bonds is 2. The molecule has 0 aromatic heterocycles. The summed E-state index contributed by atoms with van der Waals surface area (Å²) in [5.74, 6) is -0.278. The molecule has 1 heterocycles. The van der Waals surface area contributed by atoms with Crippen LogP contribution >= 0.6 is 0 Å². The number of aryl methyl sites for hydroxylation is 1. The summed E-state index contributed by atoms with van der Waals surface area (Å²) < 4.78 is 0. The van der Waals surface area contributed by atoms with Crippen LogP contribution in [0.15, 0.2) is 18.2 Å². The number of benzene rings is 1. The summed E-state index contributed by atoms with van der Waals surface area (Å²) >= 11 is 0. The predicted octanol–water partition coefficient (Wildman–Crippen LogP) is 1.86. The molecule has 1 aliphatic rings. The number of carbonyl (C=O) groups is 1. The van der Waals surface area contributed by atoms with Gasteiger partial charge in [-0.3, -0.25) is 14.9 Å². The first-order chi connectivity index (χ1) is 9.40. The van der Waals surface area contributed by atoms with E-state index < -0.39 is 4.92 Å². The normalized spacial score (nSPS) is 22.6. The number of carbonyl (C=O) groups excluding carboxylic acids is 1. The van der Waals surface area contributed by atoms with E-state index in [0.29, 0.717) is 6.54 Å². The maximum atomic E-state index is 12.6. The molecule has 0 radical (unpaired) electrons. The van der Waals surface area contributed by atoms with Crippen LogP contribution in [0, 0.1) is 17.0 Å². The number of nitrogens with zero attached hydrogens (tertiary/aromatic N) is 2. The van der Waals surface area contributed by atoms with Crippen molar-refractivity contribution in [1.29, 1.82) is 0 Å². The van der Waals surface area contributed by atoms with Gasteiger partial charge in [0.15, 0.2) is 0 Å². The molecule has 20 heavy (non-hydrogen) atoms. The van der Waals surface area contributed by atoms with Crippen LogP contribution in [0.2, 0.25) is 0 Å². The quantitative estimate of drug-likeness (QED) is 0.660. The van der Waals surface area contributed by atoms with E-state index in [4.69, 9.17) is 5.73 Å². The lowest BCUT2D eigenvalue weighted by molar-refractivity contribution is -0.385. The molecule has 0 saturated carbocycles. The molecule has 0 bridgehead atoms. The van der Waals surface area contributed by atoms with Gasteiger partial charge in [0.2, 0.25) is 0 Å². The lowest BCUT2D eigenvalue weighted by atomic mass is 9.97. The fraction of sp³-hybridized carbons (Fsp3) is 0.500. The zero-order chi connectivity index (χ0) is 14.9. The Morgan fingerprint density at radius 2 is 2.20 bits per heavy atom. The number of nitrogens with two attached hydrogens (primary N) is 1. The van der Waals surface area contributed by atoms with E-state index in [1.54, 1.807) is 17.0 Å². The summed E-state index contributed by atoms with van der Waals surface area (Å²) in [6.45, 7) is 4.29. The molecule has 1 aliphatic heterocycles. The molecule has 108 valence electrons. The molecule has 2 unspecified atom stereocenters. The fourth-order valence-corrected chi connectivity index (χ4v) is 2.65. The van der Waals surface area contributed by atoms with Gasteiger partial charge in [-0.25, -0.2) is 0 Å². The Hall–Kier alpha value is -1.95. The molecule has 1 aromatic rings. The van der Waals surface area contributed by atoms with E-state index in [-0.39, 0.29) is 29.2 Å². The van der Waals surface area contributed by atoms with Crippen LogP contribution in [0.1, 0.15) is 35.7 Å². The molecule has 0 spiro atoms. The molecule has 2 rings (SSSR count). The number of hydrogen-bond acceptors (Lipinski definition) is 4. The molecule has 2 atom stereocenters. The molecule has 1 aromatic carbocycles. The van der Waals surface area contributed by atoms with Crippen LogP contribution in [-0.2, 0) is 0 Å². The van der Waals surface area contributed by atoms with Crippen molar-refractivity contribution in [2.45, 2.75) is 38.8 Å². The van der Waals surface area contributed by atoms with E-state index >= 15 is 0 Å². The zero-order valence-corrected chi connectivity index (χ0v) is 11.7. The van der Waals surface area contributed by atoms with Gasteiger partial charge in [0.1, 0.15) is 5.56 Å². The van der Waals surface area contributed by atoms with Gasteiger partial charge in [0.25, 0.3) is 11.6 Å². The second-order valence-corrected chi connectivity index (χ2v) is 5.41. The fourth-order valence-electron chi connectivity index (χ4n) is 2.65. The van der Waals surface area contributed by atoms with Gasteiger partial charge >= 0.3 is 0 Å². The molecule has 1 saturated heterocycles. The Balaban J connectivity index is 2.33. The molecule has 0 aliphatic carbocycles. The zero-order valence-electron chi connectivity index (χ0n) is 11.7. The van der Waals surface area contributed by atoms with Crippen LogP contribution < -0.4 is 5.73 Å². The molecular formula is C14H19N3O3. The van der Waals surface area contributed by atoms with Gasteiger partial charge < -0.3 is 10.6 Å². The standard InChI is InChI=1S/C14H19N3O3/c1-9-3-4-13(17(19)20)12(7-9)14(18)16-6-5-11(15)8-10(16)2/h3-4,7,10-11H,5-6,8,15H2,1-2H3. The van der Waals surface area contributed by atoms with Crippen LogP contribution in [-0.4, -0.2) is 34.4 Å². The molecule has 1 fully saturated rings. The molecular weight excluding hydrogens is 258 g/mol. The maximum Gasteiger partial charge on any atom is 0.282 e. The minimum Gasteiger partial charge on any atom is -0.336 e. The number of piperidine rings is 1. The highest BCUT2D eigenvalue weighted by Gasteiger charge is 2.31. The minimum atomic E-state index is -0.507. The Bertz CT molecular complexity index is 544. The monoisotopic (exact) mass is 277 g/mol. The van der Waals surface area contributed by atoms with Crippen molar-refractivity contribution in [3.8, 4) is 0 Å². The van der Waals surface area contributed by atoms with Crippen molar-refractivity contribution in [2.24, 2.45) is 5.73 Å². The first kappa shape index (κ1) is 14.5. The van der Waals surface area contributed by atoms with Crippen LogP contribution in [0.5, 0.6) is 0 Å². The Morgan fingerprint density at radius 1 is 1.50 bits per heavy atom. The summed E-state index contributed by atoms with van der Waals surface area (Å²) in [5, 5.41) is 11.1. The lowest BCUT2D eigenvalue weighted by Crippen LogP contribution is -2.48. The Labute approximate surface area is 117 Å². The highest BCUT2D eigenvalue weighted by Crippen LogP contribution is 2.25. The summed E-state index contributed by atoms with van der Waals surface area (Å²) in [6, 6.07) is 4.72. The van der Waals surface area contributed by atoms with Gasteiger partial charge in [0, 0.05) is 24.7 Å². The molecule has 1 amide bonds. The smallest absolute Gasteiger partial charge is 0.282 e. The van der Waals surface area contributed by atoms with Crippen molar-refractivity contribution in [1.82, 2.24) is 4.90 Å². The highest BCUT2D eigenvalue weighted by molar-refractivity contribution is 5.98. The average Bonchev–Trinajstić information content (AvgIpc) is 2.37. The van der Waals surface area contributed by atoms with E-state index in [1.165, 1.54) is 6.07 Å². The predicted molar refractivity (Wildman–Crippen MR) is 75.5 cm³/mol. The van der Waals surface area contributed by atoms with E-state index in [0.717, 1.165) is 18.4 Å². The lowest BCUT2D eigenvalue weighted by Gasteiger charge is -2.36. The number of likely N-dealkylation sites (tertiary alicyclic amines) is 1. The van der Waals surface area contributed by atoms with E-state index in [9.17, 15) is 14.9 Å². The highest BCUT2D eigenvalue weighted by atomic mass is 16.6. The molecule has 6 nitrogen and oxygen atoms in total. The first-order valence-corrected chi connectivity index (χ1v) is 6.71. The van der Waals surface area contributed by atoms with Gasteiger partial charge in [-0.05, 0) is 38.3 Å². The second kappa shape index (κ2) is 5.58. The average molecular weight is 277 g/mol. The van der Waals surface area contributed by atoms with Crippen LogP contribution in [0.25, 0.3) is 0 Å². The number of nitro benzene ring substituents is 1. The third kappa shape index (κ3) is 2.80. The third-order valence-corrected chi connectivity index (χ3v) is 3.76. The van der Waals surface area contributed by atoms with Crippen molar-refractivity contribution in [3.63, 3.8) is 0 Å². The third-order valence-electron chi connectivity index (χ3n) is 3.76. The summed E-state index contributed by atoms with van der Waals surface area (Å²) in [5.41, 5.74) is 6.74. The largest absolute Gasteiger partial charge is 0.336 e. The topological polar surface area (TPSA) is 89.5 Å². The van der Waals surface area contributed by atoms with E-state index in [2.05, 4.69) is 0 Å². The van der Waals surface area contributed by atoms with E-state index in [1.807, 2.05) is 13.8 Å². The number of nitro groups is 1. The van der Waals surface area contributed by atoms with Gasteiger partial charge in [-0.15, -0.1) is 0 Å². The minimum absolute atomic E-state index is 0.00589.